The first-order valence-electron chi connectivity index (χ1n) is 5.97. The standard InChI is InChI=1S/C14H19NOS/c1-13-5-7-14(8-6-13)11-16-9-3-2-4-10-17-12-15/h5-8H,2-4,9-11H2,1H3. The largest absolute Gasteiger partial charge is 0.377 e. The van der Waals surface area contributed by atoms with Gasteiger partial charge in [0.05, 0.1) is 6.61 Å². The zero-order valence-corrected chi connectivity index (χ0v) is 11.1. The molecule has 0 saturated carbocycles. The van der Waals surface area contributed by atoms with Crippen molar-refractivity contribution >= 4 is 11.8 Å². The number of benzene rings is 1. The van der Waals surface area contributed by atoms with Crippen molar-refractivity contribution in [3.63, 3.8) is 0 Å². The van der Waals surface area contributed by atoms with Crippen LogP contribution >= 0.6 is 11.8 Å². The first kappa shape index (κ1) is 14.1. The van der Waals surface area contributed by atoms with Gasteiger partial charge in [0, 0.05) is 12.4 Å². The summed E-state index contributed by atoms with van der Waals surface area (Å²) in [6.07, 6.45) is 3.33. The van der Waals surface area contributed by atoms with Crippen molar-refractivity contribution in [3.8, 4) is 5.40 Å². The molecule has 1 rings (SSSR count). The molecule has 0 spiro atoms. The van der Waals surface area contributed by atoms with Crippen molar-refractivity contribution in [2.45, 2.75) is 32.8 Å². The summed E-state index contributed by atoms with van der Waals surface area (Å²) in [5.41, 5.74) is 2.51. The van der Waals surface area contributed by atoms with Crippen LogP contribution in [0.3, 0.4) is 0 Å². The normalized spacial score (nSPS) is 10.1. The molecule has 17 heavy (non-hydrogen) atoms. The first-order valence-corrected chi connectivity index (χ1v) is 6.95. The Morgan fingerprint density at radius 3 is 2.65 bits per heavy atom. The van der Waals surface area contributed by atoms with Crippen molar-refractivity contribution in [1.29, 1.82) is 5.26 Å². The van der Waals surface area contributed by atoms with Gasteiger partial charge in [0.25, 0.3) is 0 Å². The minimum absolute atomic E-state index is 0.702. The van der Waals surface area contributed by atoms with E-state index < -0.39 is 0 Å². The summed E-state index contributed by atoms with van der Waals surface area (Å²) in [5.74, 6) is 0.939. The van der Waals surface area contributed by atoms with Crippen LogP contribution in [0.4, 0.5) is 0 Å². The van der Waals surface area contributed by atoms with Crippen LogP contribution in [0.25, 0.3) is 0 Å². The van der Waals surface area contributed by atoms with E-state index in [9.17, 15) is 0 Å². The Morgan fingerprint density at radius 1 is 1.18 bits per heavy atom. The quantitative estimate of drug-likeness (QED) is 0.517. The molecule has 0 atom stereocenters. The second kappa shape index (κ2) is 9.09. The molecular formula is C14H19NOS. The lowest BCUT2D eigenvalue weighted by atomic mass is 10.2. The number of rotatable bonds is 8. The Morgan fingerprint density at radius 2 is 1.94 bits per heavy atom. The number of nitriles is 1. The van der Waals surface area contributed by atoms with Gasteiger partial charge in [0.2, 0.25) is 0 Å². The molecule has 0 aliphatic carbocycles. The first-order chi connectivity index (χ1) is 8.33. The highest BCUT2D eigenvalue weighted by Crippen LogP contribution is 2.07. The molecule has 2 nitrogen and oxygen atoms in total. The Balaban J connectivity index is 1.97. The zero-order valence-electron chi connectivity index (χ0n) is 10.3. The van der Waals surface area contributed by atoms with Gasteiger partial charge in [-0.2, -0.15) is 5.26 Å². The van der Waals surface area contributed by atoms with Crippen LogP contribution < -0.4 is 0 Å². The number of aryl methyl sites for hydroxylation is 1. The Bertz CT molecular complexity index is 342. The second-order valence-electron chi connectivity index (χ2n) is 4.04. The van der Waals surface area contributed by atoms with Crippen molar-refractivity contribution < 1.29 is 4.74 Å². The molecule has 0 N–H and O–H groups in total. The van der Waals surface area contributed by atoms with E-state index in [-0.39, 0.29) is 0 Å². The van der Waals surface area contributed by atoms with Gasteiger partial charge < -0.3 is 4.74 Å². The van der Waals surface area contributed by atoms with Gasteiger partial charge in [-0.05, 0) is 37.1 Å². The smallest absolute Gasteiger partial charge is 0.133 e. The fraction of sp³-hybridized carbons (Fsp3) is 0.500. The molecule has 0 radical (unpaired) electrons. The summed E-state index contributed by atoms with van der Waals surface area (Å²) >= 11 is 1.33. The van der Waals surface area contributed by atoms with Crippen molar-refractivity contribution in [2.24, 2.45) is 0 Å². The monoisotopic (exact) mass is 249 g/mol. The molecule has 0 fully saturated rings. The summed E-state index contributed by atoms with van der Waals surface area (Å²) < 4.78 is 5.59. The average molecular weight is 249 g/mol. The predicted molar refractivity (Wildman–Crippen MR) is 72.8 cm³/mol. The Labute approximate surface area is 108 Å². The van der Waals surface area contributed by atoms with Gasteiger partial charge in [0.1, 0.15) is 5.40 Å². The molecule has 1 aromatic rings. The van der Waals surface area contributed by atoms with E-state index in [0.717, 1.165) is 31.6 Å². The zero-order chi connectivity index (χ0) is 12.3. The maximum absolute atomic E-state index is 8.34. The third-order valence-electron chi connectivity index (χ3n) is 2.49. The molecule has 0 aliphatic heterocycles. The predicted octanol–water partition coefficient (Wildman–Crippen LogP) is 3.90. The average Bonchev–Trinajstić information content (AvgIpc) is 2.35. The van der Waals surface area contributed by atoms with Crippen molar-refractivity contribution in [1.82, 2.24) is 0 Å². The SMILES string of the molecule is Cc1ccc(COCCCCCSC#N)cc1. The van der Waals surface area contributed by atoms with Crippen LogP contribution in [-0.2, 0) is 11.3 Å². The lowest BCUT2D eigenvalue weighted by molar-refractivity contribution is 0.117. The lowest BCUT2D eigenvalue weighted by Crippen LogP contribution is -1.96. The molecule has 0 heterocycles. The molecule has 0 aromatic heterocycles. The van der Waals surface area contributed by atoms with Crippen LogP contribution in [0, 0.1) is 17.6 Å². The van der Waals surface area contributed by atoms with Crippen LogP contribution in [0.15, 0.2) is 24.3 Å². The van der Waals surface area contributed by atoms with Crippen molar-refractivity contribution in [3.05, 3.63) is 35.4 Å². The minimum Gasteiger partial charge on any atom is -0.377 e. The molecule has 0 unspecified atom stereocenters. The molecular weight excluding hydrogens is 230 g/mol. The number of thiocyanates is 1. The fourth-order valence-corrected chi connectivity index (χ4v) is 1.91. The third kappa shape index (κ3) is 7.04. The number of hydrogen-bond acceptors (Lipinski definition) is 3. The molecule has 0 aliphatic rings. The molecule has 1 aromatic carbocycles. The van der Waals surface area contributed by atoms with E-state index in [1.165, 1.54) is 22.9 Å². The minimum atomic E-state index is 0.702. The van der Waals surface area contributed by atoms with Gasteiger partial charge >= 0.3 is 0 Å². The number of ether oxygens (including phenoxy) is 1. The van der Waals surface area contributed by atoms with E-state index in [0.29, 0.717) is 6.61 Å². The maximum Gasteiger partial charge on any atom is 0.133 e. The topological polar surface area (TPSA) is 33.0 Å². The van der Waals surface area contributed by atoms with Gasteiger partial charge in [-0.3, -0.25) is 0 Å². The van der Waals surface area contributed by atoms with Gasteiger partial charge in [-0.25, -0.2) is 0 Å². The Hall–Kier alpha value is -0.980. The number of hydrogen-bond donors (Lipinski definition) is 0. The maximum atomic E-state index is 8.34. The van der Waals surface area contributed by atoms with Crippen LogP contribution in [0.2, 0.25) is 0 Å². The molecule has 3 heteroatoms. The molecule has 0 bridgehead atoms. The van der Waals surface area contributed by atoms with E-state index in [1.54, 1.807) is 0 Å². The van der Waals surface area contributed by atoms with E-state index in [2.05, 4.69) is 36.6 Å². The molecule has 92 valence electrons. The highest BCUT2D eigenvalue weighted by Gasteiger charge is 1.94. The van der Waals surface area contributed by atoms with Crippen LogP contribution in [-0.4, -0.2) is 12.4 Å². The van der Waals surface area contributed by atoms with Crippen LogP contribution in [0.1, 0.15) is 30.4 Å². The summed E-state index contributed by atoms with van der Waals surface area (Å²) in [7, 11) is 0. The number of unbranched alkanes of at least 4 members (excludes halogenated alkanes) is 2. The van der Waals surface area contributed by atoms with Gasteiger partial charge in [0.15, 0.2) is 0 Å². The number of thioether (sulfide) groups is 1. The summed E-state index contributed by atoms with van der Waals surface area (Å²) in [5, 5.41) is 10.4. The van der Waals surface area contributed by atoms with Crippen LogP contribution in [0.5, 0.6) is 0 Å². The second-order valence-corrected chi connectivity index (χ2v) is 4.92. The highest BCUT2D eigenvalue weighted by atomic mass is 32.2. The van der Waals surface area contributed by atoms with Crippen molar-refractivity contribution in [2.75, 3.05) is 12.4 Å². The third-order valence-corrected chi connectivity index (χ3v) is 3.11. The van der Waals surface area contributed by atoms with E-state index in [1.807, 2.05) is 0 Å². The van der Waals surface area contributed by atoms with E-state index >= 15 is 0 Å². The summed E-state index contributed by atoms with van der Waals surface area (Å²) in [6.45, 7) is 3.60. The lowest BCUT2D eigenvalue weighted by Gasteiger charge is -2.04. The van der Waals surface area contributed by atoms with Gasteiger partial charge in [-0.1, -0.05) is 36.2 Å². The molecule has 0 saturated heterocycles. The summed E-state index contributed by atoms with van der Waals surface area (Å²) in [6, 6.07) is 8.44. The highest BCUT2D eigenvalue weighted by molar-refractivity contribution is 8.03. The summed E-state index contributed by atoms with van der Waals surface area (Å²) in [4.78, 5) is 0. The number of nitrogens with zero attached hydrogens (tertiary/aromatic N) is 1. The Kier molecular flexibility index (Phi) is 7.53. The fourth-order valence-electron chi connectivity index (χ4n) is 1.48. The molecule has 0 amide bonds. The van der Waals surface area contributed by atoms with E-state index in [4.69, 9.17) is 10.00 Å². The van der Waals surface area contributed by atoms with Gasteiger partial charge in [-0.15, -0.1) is 0 Å².